The van der Waals surface area contributed by atoms with Crippen LogP contribution in [0.4, 0.5) is 5.82 Å². The molecule has 0 aliphatic carbocycles. The summed E-state index contributed by atoms with van der Waals surface area (Å²) in [6.07, 6.45) is 3.58. The number of hydrogen-bond acceptors (Lipinski definition) is 2. The van der Waals surface area contributed by atoms with E-state index >= 15 is 0 Å². The molecule has 2 heterocycles. The van der Waals surface area contributed by atoms with Crippen molar-refractivity contribution in [2.75, 3.05) is 5.73 Å². The monoisotopic (exact) mass is 215 g/mol. The SMILES string of the molecule is Nc1nn2c(c1Br)CCCC2. The lowest BCUT2D eigenvalue weighted by atomic mass is 10.1. The molecule has 0 unspecified atom stereocenters. The number of anilines is 1. The average Bonchev–Trinajstić information content (AvgIpc) is 2.30. The number of fused-ring (bicyclic) bond motifs is 1. The van der Waals surface area contributed by atoms with Gasteiger partial charge in [0, 0.05) is 6.54 Å². The Bertz CT molecular complexity index is 279. The van der Waals surface area contributed by atoms with Gasteiger partial charge >= 0.3 is 0 Å². The third kappa shape index (κ3) is 1.05. The number of nitrogen functional groups attached to an aromatic ring is 1. The van der Waals surface area contributed by atoms with Gasteiger partial charge in [0.05, 0.1) is 10.2 Å². The molecule has 0 saturated carbocycles. The second-order valence-electron chi connectivity index (χ2n) is 2.83. The van der Waals surface area contributed by atoms with Crippen molar-refractivity contribution in [3.8, 4) is 0 Å². The molecule has 60 valence electrons. The summed E-state index contributed by atoms with van der Waals surface area (Å²) in [6.45, 7) is 1.02. The molecule has 0 spiro atoms. The molecule has 0 amide bonds. The van der Waals surface area contributed by atoms with Gasteiger partial charge in [-0.3, -0.25) is 4.68 Å². The van der Waals surface area contributed by atoms with E-state index in [2.05, 4.69) is 21.0 Å². The number of hydrogen-bond donors (Lipinski definition) is 1. The van der Waals surface area contributed by atoms with Gasteiger partial charge in [0.2, 0.25) is 0 Å². The molecular formula is C7H10BrN3. The third-order valence-electron chi connectivity index (χ3n) is 2.05. The summed E-state index contributed by atoms with van der Waals surface area (Å²) < 4.78 is 3.00. The van der Waals surface area contributed by atoms with Crippen LogP contribution in [0.1, 0.15) is 18.5 Å². The van der Waals surface area contributed by atoms with E-state index in [9.17, 15) is 0 Å². The Morgan fingerprint density at radius 3 is 3.00 bits per heavy atom. The number of aryl methyl sites for hydroxylation is 1. The Morgan fingerprint density at radius 1 is 1.45 bits per heavy atom. The van der Waals surface area contributed by atoms with Gasteiger partial charge in [-0.25, -0.2) is 0 Å². The summed E-state index contributed by atoms with van der Waals surface area (Å²) in [7, 11) is 0. The van der Waals surface area contributed by atoms with E-state index in [1.54, 1.807) is 0 Å². The van der Waals surface area contributed by atoms with Gasteiger partial charge in [-0.1, -0.05) is 0 Å². The van der Waals surface area contributed by atoms with Crippen LogP contribution in [0.5, 0.6) is 0 Å². The molecule has 2 N–H and O–H groups in total. The Hall–Kier alpha value is -0.510. The highest BCUT2D eigenvalue weighted by Gasteiger charge is 2.15. The normalized spacial score (nSPS) is 16.5. The zero-order chi connectivity index (χ0) is 7.84. The van der Waals surface area contributed by atoms with Crippen LogP contribution in [0.3, 0.4) is 0 Å². The molecule has 0 bridgehead atoms. The highest BCUT2D eigenvalue weighted by atomic mass is 79.9. The maximum absolute atomic E-state index is 5.64. The van der Waals surface area contributed by atoms with Crippen LogP contribution >= 0.6 is 15.9 Å². The molecule has 2 rings (SSSR count). The van der Waals surface area contributed by atoms with Gasteiger partial charge in [-0.15, -0.1) is 0 Å². The predicted molar refractivity (Wildman–Crippen MR) is 47.3 cm³/mol. The van der Waals surface area contributed by atoms with Crippen molar-refractivity contribution in [2.45, 2.75) is 25.8 Å². The molecule has 0 saturated heterocycles. The second kappa shape index (κ2) is 2.52. The molecular weight excluding hydrogens is 206 g/mol. The molecule has 0 aromatic carbocycles. The largest absolute Gasteiger partial charge is 0.381 e. The lowest BCUT2D eigenvalue weighted by Crippen LogP contribution is -2.11. The van der Waals surface area contributed by atoms with Crippen LogP contribution in [0.25, 0.3) is 0 Å². The van der Waals surface area contributed by atoms with Crippen molar-refractivity contribution in [1.82, 2.24) is 9.78 Å². The van der Waals surface area contributed by atoms with Gasteiger partial charge in [-0.05, 0) is 35.2 Å². The number of rotatable bonds is 0. The molecule has 1 aromatic rings. The molecule has 4 heteroatoms. The van der Waals surface area contributed by atoms with Crippen molar-refractivity contribution in [1.29, 1.82) is 0 Å². The minimum atomic E-state index is 0.627. The summed E-state index contributed by atoms with van der Waals surface area (Å²) in [5.74, 6) is 0.627. The first-order valence-electron chi connectivity index (χ1n) is 3.79. The van der Waals surface area contributed by atoms with Crippen molar-refractivity contribution in [3.05, 3.63) is 10.2 Å². The number of nitrogens with two attached hydrogens (primary N) is 1. The molecule has 0 fully saturated rings. The Kier molecular flexibility index (Phi) is 1.64. The summed E-state index contributed by atoms with van der Waals surface area (Å²) in [6, 6.07) is 0. The summed E-state index contributed by atoms with van der Waals surface area (Å²) in [4.78, 5) is 0. The fraction of sp³-hybridized carbons (Fsp3) is 0.571. The van der Waals surface area contributed by atoms with Crippen LogP contribution in [0.15, 0.2) is 4.47 Å². The first-order chi connectivity index (χ1) is 5.29. The number of nitrogens with zero attached hydrogens (tertiary/aromatic N) is 2. The molecule has 1 aliphatic rings. The van der Waals surface area contributed by atoms with E-state index in [1.165, 1.54) is 18.5 Å². The fourth-order valence-corrected chi connectivity index (χ4v) is 1.96. The van der Waals surface area contributed by atoms with Gasteiger partial charge in [0.1, 0.15) is 0 Å². The van der Waals surface area contributed by atoms with Gasteiger partial charge in [0.15, 0.2) is 5.82 Å². The van der Waals surface area contributed by atoms with Gasteiger partial charge < -0.3 is 5.73 Å². The minimum absolute atomic E-state index is 0.627. The molecule has 3 nitrogen and oxygen atoms in total. The second-order valence-corrected chi connectivity index (χ2v) is 3.62. The zero-order valence-corrected chi connectivity index (χ0v) is 7.76. The van der Waals surface area contributed by atoms with E-state index in [1.807, 2.05) is 4.68 Å². The molecule has 1 aromatic heterocycles. The highest BCUT2D eigenvalue weighted by molar-refractivity contribution is 9.10. The van der Waals surface area contributed by atoms with E-state index in [0.717, 1.165) is 17.4 Å². The van der Waals surface area contributed by atoms with E-state index < -0.39 is 0 Å². The standard InChI is InChI=1S/C7H10BrN3/c8-6-5-3-1-2-4-11(5)10-7(6)9/h1-4H2,(H2,9,10). The first-order valence-corrected chi connectivity index (χ1v) is 4.59. The summed E-state index contributed by atoms with van der Waals surface area (Å²) in [5, 5.41) is 4.20. The molecule has 0 radical (unpaired) electrons. The fourth-order valence-electron chi connectivity index (χ4n) is 1.47. The van der Waals surface area contributed by atoms with Crippen LogP contribution < -0.4 is 5.73 Å². The summed E-state index contributed by atoms with van der Waals surface area (Å²) >= 11 is 3.43. The minimum Gasteiger partial charge on any atom is -0.381 e. The van der Waals surface area contributed by atoms with Gasteiger partial charge in [-0.2, -0.15) is 5.10 Å². The maximum Gasteiger partial charge on any atom is 0.160 e. The van der Waals surface area contributed by atoms with Crippen LogP contribution in [0.2, 0.25) is 0 Å². The Morgan fingerprint density at radius 2 is 2.27 bits per heavy atom. The highest BCUT2D eigenvalue weighted by Crippen LogP contribution is 2.27. The van der Waals surface area contributed by atoms with Crippen molar-refractivity contribution < 1.29 is 0 Å². The Labute approximate surface area is 73.7 Å². The lowest BCUT2D eigenvalue weighted by Gasteiger charge is -2.12. The van der Waals surface area contributed by atoms with Gasteiger partial charge in [0.25, 0.3) is 0 Å². The Balaban J connectivity index is 2.50. The predicted octanol–water partition coefficient (Wildman–Crippen LogP) is 1.56. The maximum atomic E-state index is 5.64. The first kappa shape index (κ1) is 7.16. The zero-order valence-electron chi connectivity index (χ0n) is 6.18. The topological polar surface area (TPSA) is 43.8 Å². The molecule has 0 atom stereocenters. The van der Waals surface area contributed by atoms with E-state index in [-0.39, 0.29) is 0 Å². The van der Waals surface area contributed by atoms with Crippen molar-refractivity contribution >= 4 is 21.7 Å². The quantitative estimate of drug-likeness (QED) is 0.715. The van der Waals surface area contributed by atoms with Crippen molar-refractivity contribution in [2.24, 2.45) is 0 Å². The smallest absolute Gasteiger partial charge is 0.160 e. The number of aromatic nitrogens is 2. The van der Waals surface area contributed by atoms with E-state index in [4.69, 9.17) is 5.73 Å². The average molecular weight is 216 g/mol. The van der Waals surface area contributed by atoms with E-state index in [0.29, 0.717) is 5.82 Å². The van der Waals surface area contributed by atoms with Crippen molar-refractivity contribution in [3.63, 3.8) is 0 Å². The van der Waals surface area contributed by atoms with Crippen LogP contribution in [-0.2, 0) is 13.0 Å². The molecule has 11 heavy (non-hydrogen) atoms. The lowest BCUT2D eigenvalue weighted by molar-refractivity contribution is 0.486. The van der Waals surface area contributed by atoms with Crippen LogP contribution in [-0.4, -0.2) is 9.78 Å². The summed E-state index contributed by atoms with van der Waals surface area (Å²) in [5.41, 5.74) is 6.90. The van der Waals surface area contributed by atoms with Crippen LogP contribution in [0, 0.1) is 0 Å². The third-order valence-corrected chi connectivity index (χ3v) is 2.92. The number of halogens is 1. The molecule has 1 aliphatic heterocycles.